The molecule has 0 spiro atoms. The molecule has 0 aromatic heterocycles. The lowest BCUT2D eigenvalue weighted by Gasteiger charge is -2.18. The Balaban J connectivity index is 4.45. The molecule has 0 aromatic rings. The van der Waals surface area contributed by atoms with Crippen LogP contribution in [0.3, 0.4) is 0 Å². The smallest absolute Gasteiger partial charge is 0.306 e. The van der Waals surface area contributed by atoms with Crippen LogP contribution in [0.25, 0.3) is 0 Å². The van der Waals surface area contributed by atoms with Crippen LogP contribution < -0.4 is 0 Å². The Kier molecular flexibility index (Phi) is 55.3. The van der Waals surface area contributed by atoms with Crippen LogP contribution in [0.1, 0.15) is 284 Å². The summed E-state index contributed by atoms with van der Waals surface area (Å²) in [6, 6.07) is 0. The van der Waals surface area contributed by atoms with Crippen LogP contribution in [0.4, 0.5) is 0 Å². The van der Waals surface area contributed by atoms with Crippen LogP contribution in [0.5, 0.6) is 0 Å². The van der Waals surface area contributed by atoms with Gasteiger partial charge in [0.25, 0.3) is 0 Å². The zero-order chi connectivity index (χ0) is 50.7. The van der Waals surface area contributed by atoms with E-state index in [0.717, 1.165) is 96.3 Å². The summed E-state index contributed by atoms with van der Waals surface area (Å²) in [5, 5.41) is 0. The molecule has 0 saturated carbocycles. The summed E-state index contributed by atoms with van der Waals surface area (Å²) in [7, 11) is 0. The van der Waals surface area contributed by atoms with Crippen molar-refractivity contribution in [1.29, 1.82) is 0 Å². The number of esters is 3. The van der Waals surface area contributed by atoms with Gasteiger partial charge in [0.1, 0.15) is 13.2 Å². The summed E-state index contributed by atoms with van der Waals surface area (Å²) >= 11 is 0. The monoisotopic (exact) mass is 975 g/mol. The average molecular weight is 976 g/mol. The van der Waals surface area contributed by atoms with Crippen molar-refractivity contribution in [3.8, 4) is 0 Å². The first-order valence-corrected chi connectivity index (χ1v) is 29.6. The maximum atomic E-state index is 12.9. The molecule has 6 heteroatoms. The zero-order valence-electron chi connectivity index (χ0n) is 46.0. The van der Waals surface area contributed by atoms with E-state index in [2.05, 4.69) is 106 Å². The topological polar surface area (TPSA) is 78.9 Å². The number of allylic oxidation sites excluding steroid dienone is 14. The Morgan fingerprint density at radius 3 is 0.957 bits per heavy atom. The van der Waals surface area contributed by atoms with Crippen molar-refractivity contribution in [2.24, 2.45) is 0 Å². The number of unbranched alkanes of at least 4 members (excludes halogenated alkanes) is 31. The van der Waals surface area contributed by atoms with Gasteiger partial charge in [0.15, 0.2) is 6.10 Å². The lowest BCUT2D eigenvalue weighted by atomic mass is 10.1. The Morgan fingerprint density at radius 2 is 0.571 bits per heavy atom. The summed E-state index contributed by atoms with van der Waals surface area (Å²) in [5.41, 5.74) is 0. The van der Waals surface area contributed by atoms with Crippen molar-refractivity contribution in [3.05, 3.63) is 85.1 Å². The van der Waals surface area contributed by atoms with Crippen molar-refractivity contribution < 1.29 is 28.6 Å². The fraction of sp³-hybridized carbons (Fsp3) is 0.734. The van der Waals surface area contributed by atoms with Crippen molar-refractivity contribution in [2.45, 2.75) is 290 Å². The van der Waals surface area contributed by atoms with Crippen LogP contribution in [0.15, 0.2) is 85.1 Å². The molecule has 402 valence electrons. The number of rotatable bonds is 53. The molecule has 1 unspecified atom stereocenters. The van der Waals surface area contributed by atoms with E-state index in [-0.39, 0.29) is 31.1 Å². The van der Waals surface area contributed by atoms with Gasteiger partial charge in [-0.2, -0.15) is 0 Å². The number of hydrogen-bond acceptors (Lipinski definition) is 6. The molecule has 0 rings (SSSR count). The first-order chi connectivity index (χ1) is 34.5. The van der Waals surface area contributed by atoms with E-state index < -0.39 is 6.10 Å². The molecule has 1 atom stereocenters. The molecular weight excluding hydrogens is 865 g/mol. The van der Waals surface area contributed by atoms with Gasteiger partial charge in [0, 0.05) is 19.3 Å². The van der Waals surface area contributed by atoms with Gasteiger partial charge in [-0.3, -0.25) is 14.4 Å². The summed E-state index contributed by atoms with van der Waals surface area (Å²) in [6.07, 6.45) is 75.6. The largest absolute Gasteiger partial charge is 0.462 e. The second-order valence-electron chi connectivity index (χ2n) is 19.6. The molecule has 0 aliphatic heterocycles. The Bertz CT molecular complexity index is 1350. The van der Waals surface area contributed by atoms with Gasteiger partial charge < -0.3 is 14.2 Å². The SMILES string of the molecule is CCCCC\C=C/C=C\C=C/C=C\CCCCCCCC(=O)OCC(COC(=O)CCCCCCCCC/C=C\CCCCCCCC)OC(=O)CCCCCCCCC/C=C\C/C=C\CCCCC. The highest BCUT2D eigenvalue weighted by Gasteiger charge is 2.19. The van der Waals surface area contributed by atoms with Crippen molar-refractivity contribution in [1.82, 2.24) is 0 Å². The third kappa shape index (κ3) is 55.5. The van der Waals surface area contributed by atoms with E-state index in [1.54, 1.807) is 0 Å². The molecule has 0 N–H and O–H groups in total. The summed E-state index contributed by atoms with van der Waals surface area (Å²) < 4.78 is 16.9. The molecule has 0 radical (unpaired) electrons. The molecular formula is C64H110O6. The quantitative estimate of drug-likeness (QED) is 0.0199. The molecule has 0 saturated heterocycles. The fourth-order valence-corrected chi connectivity index (χ4v) is 8.19. The minimum absolute atomic E-state index is 0.0896. The van der Waals surface area contributed by atoms with Crippen LogP contribution in [-0.4, -0.2) is 37.2 Å². The van der Waals surface area contributed by atoms with Crippen molar-refractivity contribution in [2.75, 3.05) is 13.2 Å². The molecule has 70 heavy (non-hydrogen) atoms. The van der Waals surface area contributed by atoms with E-state index in [4.69, 9.17) is 14.2 Å². The predicted molar refractivity (Wildman–Crippen MR) is 302 cm³/mol. The second-order valence-corrected chi connectivity index (χ2v) is 19.6. The summed E-state index contributed by atoms with van der Waals surface area (Å²) in [4.78, 5) is 38.2. The first kappa shape index (κ1) is 66.6. The Labute approximate surface area is 433 Å². The lowest BCUT2D eigenvalue weighted by molar-refractivity contribution is -0.167. The van der Waals surface area contributed by atoms with Gasteiger partial charge in [-0.1, -0.05) is 247 Å². The van der Waals surface area contributed by atoms with Gasteiger partial charge >= 0.3 is 17.9 Å². The maximum absolute atomic E-state index is 12.9. The highest BCUT2D eigenvalue weighted by molar-refractivity contribution is 5.71. The summed E-state index contributed by atoms with van der Waals surface area (Å²) in [6.45, 7) is 6.56. The molecule has 0 fully saturated rings. The van der Waals surface area contributed by atoms with E-state index in [1.807, 2.05) is 0 Å². The molecule has 0 bridgehead atoms. The first-order valence-electron chi connectivity index (χ1n) is 29.6. The van der Waals surface area contributed by atoms with Gasteiger partial charge in [0.05, 0.1) is 0 Å². The lowest BCUT2D eigenvalue weighted by Crippen LogP contribution is -2.30. The zero-order valence-corrected chi connectivity index (χ0v) is 46.0. The number of hydrogen-bond donors (Lipinski definition) is 0. The third-order valence-electron chi connectivity index (χ3n) is 12.7. The van der Waals surface area contributed by atoms with Gasteiger partial charge in [-0.25, -0.2) is 0 Å². The predicted octanol–water partition coefficient (Wildman–Crippen LogP) is 19.9. The minimum Gasteiger partial charge on any atom is -0.462 e. The van der Waals surface area contributed by atoms with Crippen molar-refractivity contribution >= 4 is 17.9 Å². The van der Waals surface area contributed by atoms with Gasteiger partial charge in [-0.15, -0.1) is 0 Å². The summed E-state index contributed by atoms with van der Waals surface area (Å²) in [5.74, 6) is -0.918. The number of carbonyl (C=O) groups excluding carboxylic acids is 3. The van der Waals surface area contributed by atoms with Crippen LogP contribution in [-0.2, 0) is 28.6 Å². The maximum Gasteiger partial charge on any atom is 0.306 e. The second kappa shape index (κ2) is 58.2. The average Bonchev–Trinajstić information content (AvgIpc) is 3.36. The molecule has 0 aliphatic carbocycles. The van der Waals surface area contributed by atoms with Crippen LogP contribution in [0, 0.1) is 0 Å². The molecule has 0 aliphatic rings. The standard InChI is InChI=1S/C64H110O6/c1-4-7-10-13-16-19-22-25-28-31-34-36-39-42-45-48-51-54-57-63(66)69-60-61(70-64(67)58-55-52-49-46-43-40-37-33-30-27-24-21-18-15-12-9-6-3)59-68-62(65)56-53-50-47-44-41-38-35-32-29-26-23-20-17-14-11-8-5-2/h16,18-19,21-22,25-31,34,36,61H,4-15,17,20,23-24,32-33,35,37-60H2,1-3H3/b19-16-,21-18-,25-22-,29-26-,30-27-,31-28-,36-34-. The van der Waals surface area contributed by atoms with E-state index >= 15 is 0 Å². The van der Waals surface area contributed by atoms with Crippen LogP contribution >= 0.6 is 0 Å². The van der Waals surface area contributed by atoms with E-state index in [9.17, 15) is 14.4 Å². The minimum atomic E-state index is -0.794. The van der Waals surface area contributed by atoms with E-state index in [1.165, 1.54) is 148 Å². The van der Waals surface area contributed by atoms with Crippen molar-refractivity contribution in [3.63, 3.8) is 0 Å². The van der Waals surface area contributed by atoms with Gasteiger partial charge in [0.2, 0.25) is 0 Å². The van der Waals surface area contributed by atoms with Crippen LogP contribution in [0.2, 0.25) is 0 Å². The molecule has 6 nitrogen and oxygen atoms in total. The Morgan fingerprint density at radius 1 is 0.300 bits per heavy atom. The molecule has 0 aromatic carbocycles. The highest BCUT2D eigenvalue weighted by Crippen LogP contribution is 2.15. The molecule has 0 heterocycles. The normalized spacial score (nSPS) is 12.7. The highest BCUT2D eigenvalue weighted by atomic mass is 16.6. The Hall–Kier alpha value is -3.41. The fourth-order valence-electron chi connectivity index (χ4n) is 8.19. The molecule has 0 amide bonds. The number of carbonyl (C=O) groups is 3. The van der Waals surface area contributed by atoms with Gasteiger partial charge in [-0.05, 0) is 103 Å². The number of ether oxygens (including phenoxy) is 3. The third-order valence-corrected chi connectivity index (χ3v) is 12.7. The van der Waals surface area contributed by atoms with E-state index in [0.29, 0.717) is 19.3 Å².